The zero-order valence-corrected chi connectivity index (χ0v) is 23.6. The maximum Gasteiger partial charge on any atom is 0.433 e. The summed E-state index contributed by atoms with van der Waals surface area (Å²) in [6.45, 7) is 1.93. The number of nitrogens with two attached hydrogens (primary N) is 1. The molecule has 2 aromatic heterocycles. The molecule has 4 N–H and O–H groups in total. The zero-order chi connectivity index (χ0) is 30.1. The summed E-state index contributed by atoms with van der Waals surface area (Å²) in [5, 5.41) is 21.3. The van der Waals surface area contributed by atoms with Gasteiger partial charge in [-0.2, -0.15) is 13.2 Å². The van der Waals surface area contributed by atoms with Crippen LogP contribution >= 0.6 is 11.3 Å². The molecule has 42 heavy (non-hydrogen) atoms. The van der Waals surface area contributed by atoms with E-state index in [1.54, 1.807) is 35.4 Å². The number of hydrogen-bond donors (Lipinski definition) is 3. The van der Waals surface area contributed by atoms with Gasteiger partial charge in [-0.25, -0.2) is 15.0 Å². The molecule has 1 saturated carbocycles. The predicted molar refractivity (Wildman–Crippen MR) is 153 cm³/mol. The Labute approximate surface area is 244 Å². The summed E-state index contributed by atoms with van der Waals surface area (Å²) >= 11 is 1.34. The number of hydrogen-bond acceptors (Lipinski definition) is 8. The van der Waals surface area contributed by atoms with Crippen molar-refractivity contribution < 1.29 is 28.2 Å². The highest BCUT2D eigenvalue weighted by molar-refractivity contribution is 7.15. The molecule has 12 heteroatoms. The number of halogens is 3. The Balaban J connectivity index is 1.51. The molecule has 0 bridgehead atoms. The summed E-state index contributed by atoms with van der Waals surface area (Å²) in [7, 11) is 0. The highest BCUT2D eigenvalue weighted by Gasteiger charge is 2.39. The fourth-order valence-corrected chi connectivity index (χ4v) is 6.17. The van der Waals surface area contributed by atoms with Crippen molar-refractivity contribution in [2.24, 2.45) is 11.7 Å². The van der Waals surface area contributed by atoms with Crippen molar-refractivity contribution in [2.75, 3.05) is 4.90 Å². The second kappa shape index (κ2) is 11.8. The van der Waals surface area contributed by atoms with Gasteiger partial charge in [-0.1, -0.05) is 30.3 Å². The van der Waals surface area contributed by atoms with Gasteiger partial charge in [0, 0.05) is 24.0 Å². The summed E-state index contributed by atoms with van der Waals surface area (Å²) in [6.07, 6.45) is -0.145. The van der Waals surface area contributed by atoms with Crippen LogP contribution in [0.1, 0.15) is 53.1 Å². The number of carbonyl (C=O) groups excluding carboxylic acids is 1. The topological polar surface area (TPSA) is 125 Å². The van der Waals surface area contributed by atoms with Crippen LogP contribution in [-0.4, -0.2) is 31.1 Å². The van der Waals surface area contributed by atoms with Crippen molar-refractivity contribution in [3.63, 3.8) is 0 Å². The Kier molecular flexibility index (Phi) is 8.31. The Bertz CT molecular complexity index is 1570. The fraction of sp³-hybridized carbons (Fsp3) is 0.333. The Hall–Kier alpha value is -3.87. The number of benzene rings is 2. The predicted octanol–water partition coefficient (Wildman–Crippen LogP) is 5.62. The molecule has 0 spiro atoms. The normalized spacial score (nSPS) is 19.0. The summed E-state index contributed by atoms with van der Waals surface area (Å²) in [5.41, 5.74) is 6.94. The molecule has 2 heterocycles. The summed E-state index contributed by atoms with van der Waals surface area (Å²) in [6, 6.07) is 13.6. The SMILES string of the molecule is Cc1cc(-c2cnc(C3(O)CCC(C(N)=O)CC3)s2)cc(N(Cc2ccc(CO)cc2)c2nccc(C(F)(F)F)n2)c1. The maximum absolute atomic E-state index is 13.6. The third kappa shape index (κ3) is 6.45. The number of nitrogens with zero attached hydrogens (tertiary/aromatic N) is 4. The van der Waals surface area contributed by atoms with E-state index in [0.29, 0.717) is 41.9 Å². The number of anilines is 2. The molecule has 5 rings (SSSR count). The van der Waals surface area contributed by atoms with E-state index in [1.807, 2.05) is 25.1 Å². The molecular weight excluding hydrogens is 567 g/mol. The highest BCUT2D eigenvalue weighted by atomic mass is 32.1. The molecule has 0 radical (unpaired) electrons. The van der Waals surface area contributed by atoms with Crippen molar-refractivity contribution in [2.45, 2.75) is 57.5 Å². The van der Waals surface area contributed by atoms with E-state index >= 15 is 0 Å². The van der Waals surface area contributed by atoms with E-state index in [-0.39, 0.29) is 30.9 Å². The molecule has 0 aliphatic heterocycles. The molecule has 1 aliphatic rings. The quantitative estimate of drug-likeness (QED) is 0.241. The van der Waals surface area contributed by atoms with Gasteiger partial charge in [0.2, 0.25) is 11.9 Å². The van der Waals surface area contributed by atoms with Crippen molar-refractivity contribution in [1.82, 2.24) is 15.0 Å². The first-order valence-corrected chi connectivity index (χ1v) is 14.2. The summed E-state index contributed by atoms with van der Waals surface area (Å²) in [5.74, 6) is -0.728. The van der Waals surface area contributed by atoms with Gasteiger partial charge in [0.25, 0.3) is 0 Å². The number of aromatic nitrogens is 3. The second-order valence-electron chi connectivity index (χ2n) is 10.6. The average Bonchev–Trinajstić information content (AvgIpc) is 3.47. The first-order valence-electron chi connectivity index (χ1n) is 13.4. The lowest BCUT2D eigenvalue weighted by Crippen LogP contribution is -2.35. The van der Waals surface area contributed by atoms with Gasteiger partial charge < -0.3 is 20.8 Å². The molecule has 1 amide bonds. The van der Waals surface area contributed by atoms with E-state index in [1.165, 1.54) is 11.3 Å². The van der Waals surface area contributed by atoms with Crippen LogP contribution in [0, 0.1) is 12.8 Å². The van der Waals surface area contributed by atoms with Gasteiger partial charge in [-0.05, 0) is 73.1 Å². The summed E-state index contributed by atoms with van der Waals surface area (Å²) in [4.78, 5) is 26.5. The number of alkyl halides is 3. The lowest BCUT2D eigenvalue weighted by Gasteiger charge is -2.33. The van der Waals surface area contributed by atoms with Gasteiger partial charge in [-0.3, -0.25) is 4.79 Å². The fourth-order valence-electron chi connectivity index (χ4n) is 5.12. The van der Waals surface area contributed by atoms with E-state index in [0.717, 1.165) is 33.8 Å². The van der Waals surface area contributed by atoms with E-state index in [2.05, 4.69) is 15.0 Å². The number of amides is 1. The lowest BCUT2D eigenvalue weighted by molar-refractivity contribution is -0.141. The zero-order valence-electron chi connectivity index (χ0n) is 22.8. The van der Waals surface area contributed by atoms with Crippen molar-refractivity contribution in [3.05, 3.63) is 88.3 Å². The van der Waals surface area contributed by atoms with Gasteiger partial charge in [0.05, 0.1) is 18.0 Å². The standard InChI is InChI=1S/C30H30F3N5O3S/c1-18-12-22(24-15-36-27(42-24)29(41)9-6-21(7-10-29)26(34)40)14-23(13-18)38(16-19-2-4-20(17-39)5-3-19)28-35-11-8-25(37-28)30(31,32)33/h2-5,8,11-15,21,39,41H,6-7,9-10,16-17H2,1H3,(H2,34,40). The van der Waals surface area contributed by atoms with Gasteiger partial charge in [0.15, 0.2) is 0 Å². The molecule has 1 aliphatic carbocycles. The van der Waals surface area contributed by atoms with E-state index < -0.39 is 17.5 Å². The number of aliphatic hydroxyl groups excluding tert-OH is 1. The van der Waals surface area contributed by atoms with E-state index in [4.69, 9.17) is 5.73 Å². The number of carbonyl (C=O) groups is 1. The Morgan fingerprint density at radius 3 is 2.43 bits per heavy atom. The first kappa shape index (κ1) is 29.6. The number of thiazole rings is 1. The monoisotopic (exact) mass is 597 g/mol. The van der Waals surface area contributed by atoms with Crippen molar-refractivity contribution >= 4 is 28.9 Å². The largest absolute Gasteiger partial charge is 0.433 e. The maximum atomic E-state index is 13.6. The molecule has 0 unspecified atom stereocenters. The van der Waals surface area contributed by atoms with Gasteiger partial charge >= 0.3 is 6.18 Å². The molecule has 0 atom stereocenters. The summed E-state index contributed by atoms with van der Waals surface area (Å²) < 4.78 is 40.7. The van der Waals surface area contributed by atoms with Crippen molar-refractivity contribution in [1.29, 1.82) is 0 Å². The number of primary amides is 1. The first-order chi connectivity index (χ1) is 19.9. The van der Waals surface area contributed by atoms with Gasteiger partial charge in [-0.15, -0.1) is 11.3 Å². The third-order valence-electron chi connectivity index (χ3n) is 7.50. The van der Waals surface area contributed by atoms with Crippen LogP contribution < -0.4 is 10.6 Å². The highest BCUT2D eigenvalue weighted by Crippen LogP contribution is 2.43. The lowest BCUT2D eigenvalue weighted by atomic mass is 9.79. The number of rotatable bonds is 8. The van der Waals surface area contributed by atoms with Gasteiger partial charge in [0.1, 0.15) is 16.3 Å². The smallest absolute Gasteiger partial charge is 0.392 e. The molecular formula is C30H30F3N5O3S. The van der Waals surface area contributed by atoms with Crippen LogP contribution in [0.25, 0.3) is 10.4 Å². The van der Waals surface area contributed by atoms with Crippen LogP contribution in [-0.2, 0) is 29.7 Å². The molecule has 2 aromatic carbocycles. The second-order valence-corrected chi connectivity index (χ2v) is 11.6. The molecule has 8 nitrogen and oxygen atoms in total. The molecule has 0 saturated heterocycles. The molecule has 220 valence electrons. The Morgan fingerprint density at radius 2 is 1.79 bits per heavy atom. The molecule has 4 aromatic rings. The van der Waals surface area contributed by atoms with Crippen LogP contribution in [0.15, 0.2) is 60.9 Å². The minimum atomic E-state index is -4.64. The third-order valence-corrected chi connectivity index (χ3v) is 8.74. The van der Waals surface area contributed by atoms with E-state index in [9.17, 15) is 28.2 Å². The van der Waals surface area contributed by atoms with Crippen LogP contribution in [0.4, 0.5) is 24.8 Å². The minimum absolute atomic E-state index is 0.113. The number of aliphatic hydroxyl groups is 2. The Morgan fingerprint density at radius 1 is 1.10 bits per heavy atom. The van der Waals surface area contributed by atoms with Crippen LogP contribution in [0.3, 0.4) is 0 Å². The van der Waals surface area contributed by atoms with Crippen LogP contribution in [0.5, 0.6) is 0 Å². The van der Waals surface area contributed by atoms with Crippen LogP contribution in [0.2, 0.25) is 0 Å². The average molecular weight is 598 g/mol. The minimum Gasteiger partial charge on any atom is -0.392 e. The van der Waals surface area contributed by atoms with Crippen molar-refractivity contribution in [3.8, 4) is 10.4 Å². The number of aryl methyl sites for hydroxylation is 1. The molecule has 1 fully saturated rings.